The van der Waals surface area contributed by atoms with Crippen molar-refractivity contribution in [3.05, 3.63) is 34.1 Å². The molecule has 21 heavy (non-hydrogen) atoms. The number of nitrogens with zero attached hydrogens (tertiary/aromatic N) is 1. The number of benzene rings is 1. The van der Waals surface area contributed by atoms with Crippen LogP contribution in [-0.4, -0.2) is 39.0 Å². The minimum atomic E-state index is -2.93. The van der Waals surface area contributed by atoms with Gasteiger partial charge in [-0.1, -0.05) is 15.9 Å². The van der Waals surface area contributed by atoms with Crippen LogP contribution in [0.2, 0.25) is 0 Å². The van der Waals surface area contributed by atoms with E-state index in [0.29, 0.717) is 18.9 Å². The second-order valence-corrected chi connectivity index (χ2v) is 7.99. The molecule has 8 heteroatoms. The van der Waals surface area contributed by atoms with Gasteiger partial charge in [-0.25, -0.2) is 12.8 Å². The Balaban J connectivity index is 1.93. The summed E-state index contributed by atoms with van der Waals surface area (Å²) >= 11 is 3.36. The second-order valence-electron chi connectivity index (χ2n) is 4.91. The molecule has 1 atom stereocenters. The molecule has 5 nitrogen and oxygen atoms in total. The SMILES string of the molecule is CN=C(NCc1cc(F)ccc1Br)NC1CCS(=O)(=O)C1. The van der Waals surface area contributed by atoms with E-state index in [4.69, 9.17) is 0 Å². The number of sulfone groups is 1. The Hall–Kier alpha value is -1.15. The summed E-state index contributed by atoms with van der Waals surface area (Å²) in [5, 5.41) is 6.13. The van der Waals surface area contributed by atoms with E-state index >= 15 is 0 Å². The molecule has 1 heterocycles. The lowest BCUT2D eigenvalue weighted by Gasteiger charge is -2.16. The van der Waals surface area contributed by atoms with Gasteiger partial charge in [0.1, 0.15) is 5.82 Å². The molecule has 1 saturated heterocycles. The third-order valence-corrected chi connectivity index (χ3v) is 5.79. The Labute approximate surface area is 132 Å². The summed E-state index contributed by atoms with van der Waals surface area (Å²) in [6.07, 6.45) is 0.576. The molecule has 1 unspecified atom stereocenters. The summed E-state index contributed by atoms with van der Waals surface area (Å²) in [5.74, 6) is 0.530. The molecule has 1 fully saturated rings. The van der Waals surface area contributed by atoms with Gasteiger partial charge in [-0.3, -0.25) is 4.99 Å². The first-order valence-corrected chi connectivity index (χ1v) is 9.12. The third-order valence-electron chi connectivity index (χ3n) is 3.25. The Bertz CT molecular complexity index is 649. The van der Waals surface area contributed by atoms with Crippen LogP contribution in [0.3, 0.4) is 0 Å². The van der Waals surface area contributed by atoms with Crippen LogP contribution in [0, 0.1) is 5.82 Å². The maximum atomic E-state index is 13.2. The minimum Gasteiger partial charge on any atom is -0.353 e. The maximum absolute atomic E-state index is 13.2. The molecule has 1 aromatic rings. The zero-order chi connectivity index (χ0) is 15.5. The van der Waals surface area contributed by atoms with Crippen LogP contribution in [0.1, 0.15) is 12.0 Å². The summed E-state index contributed by atoms with van der Waals surface area (Å²) in [6, 6.07) is 4.33. The highest BCUT2D eigenvalue weighted by Crippen LogP contribution is 2.17. The second kappa shape index (κ2) is 6.74. The summed E-state index contributed by atoms with van der Waals surface area (Å²) < 4.78 is 36.9. The summed E-state index contributed by atoms with van der Waals surface area (Å²) in [4.78, 5) is 4.06. The molecule has 0 spiro atoms. The maximum Gasteiger partial charge on any atom is 0.191 e. The monoisotopic (exact) mass is 377 g/mol. The van der Waals surface area contributed by atoms with Crippen LogP contribution in [0.25, 0.3) is 0 Å². The molecule has 1 aromatic carbocycles. The molecule has 116 valence electrons. The molecule has 0 aliphatic carbocycles. The lowest BCUT2D eigenvalue weighted by molar-refractivity contribution is 0.599. The van der Waals surface area contributed by atoms with E-state index < -0.39 is 9.84 Å². The Morgan fingerprint density at radius 3 is 2.90 bits per heavy atom. The van der Waals surface area contributed by atoms with Gasteiger partial charge in [-0.05, 0) is 30.2 Å². The molecule has 0 aromatic heterocycles. The normalized spacial score (nSPS) is 21.3. The van der Waals surface area contributed by atoms with E-state index in [1.165, 1.54) is 12.1 Å². The van der Waals surface area contributed by atoms with Gasteiger partial charge < -0.3 is 10.6 Å². The molecule has 1 aliphatic heterocycles. The highest BCUT2D eigenvalue weighted by atomic mass is 79.9. The first-order chi connectivity index (χ1) is 9.89. The Kier molecular flexibility index (Phi) is 5.21. The van der Waals surface area contributed by atoms with Crippen molar-refractivity contribution in [3.63, 3.8) is 0 Å². The Morgan fingerprint density at radius 1 is 1.52 bits per heavy atom. The molecule has 2 N–H and O–H groups in total. The van der Waals surface area contributed by atoms with Crippen LogP contribution < -0.4 is 10.6 Å². The lowest BCUT2D eigenvalue weighted by atomic mass is 10.2. The summed E-state index contributed by atoms with van der Waals surface area (Å²) in [7, 11) is -1.32. The smallest absolute Gasteiger partial charge is 0.191 e. The standard InChI is InChI=1S/C13H17BrFN3O2S/c1-16-13(18-11-4-5-21(19,20)8-11)17-7-9-6-10(15)2-3-12(9)14/h2-3,6,11H,4-5,7-8H2,1H3,(H2,16,17,18). The van der Waals surface area contributed by atoms with Gasteiger partial charge in [0, 0.05) is 24.1 Å². The molecule has 1 aliphatic rings. The number of rotatable bonds is 3. The van der Waals surface area contributed by atoms with Gasteiger partial charge in [0.2, 0.25) is 0 Å². The van der Waals surface area contributed by atoms with Gasteiger partial charge in [0.15, 0.2) is 15.8 Å². The average Bonchev–Trinajstić information content (AvgIpc) is 2.77. The zero-order valence-electron chi connectivity index (χ0n) is 11.6. The number of aliphatic imine (C=N–C) groups is 1. The largest absolute Gasteiger partial charge is 0.353 e. The topological polar surface area (TPSA) is 70.6 Å². The molecule has 0 bridgehead atoms. The van der Waals surface area contributed by atoms with Crippen LogP contribution in [0.4, 0.5) is 4.39 Å². The zero-order valence-corrected chi connectivity index (χ0v) is 14.0. The van der Waals surface area contributed by atoms with E-state index in [2.05, 4.69) is 31.6 Å². The highest BCUT2D eigenvalue weighted by molar-refractivity contribution is 9.10. The summed E-state index contributed by atoms with van der Waals surface area (Å²) in [6.45, 7) is 0.386. The molecule has 2 rings (SSSR count). The number of guanidine groups is 1. The van der Waals surface area contributed by atoms with Gasteiger partial charge in [-0.2, -0.15) is 0 Å². The predicted molar refractivity (Wildman–Crippen MR) is 84.5 cm³/mol. The minimum absolute atomic E-state index is 0.122. The molecular weight excluding hydrogens is 361 g/mol. The third kappa shape index (κ3) is 4.67. The fourth-order valence-corrected chi connectivity index (χ4v) is 4.21. The van der Waals surface area contributed by atoms with Crippen LogP contribution >= 0.6 is 15.9 Å². The lowest BCUT2D eigenvalue weighted by Crippen LogP contribution is -2.43. The van der Waals surface area contributed by atoms with E-state index in [1.54, 1.807) is 13.1 Å². The quantitative estimate of drug-likeness (QED) is 0.617. The van der Waals surface area contributed by atoms with Crippen molar-refractivity contribution >= 4 is 31.7 Å². The van der Waals surface area contributed by atoms with E-state index in [-0.39, 0.29) is 23.4 Å². The van der Waals surface area contributed by atoms with Gasteiger partial charge in [0.25, 0.3) is 0 Å². The fourth-order valence-electron chi connectivity index (χ4n) is 2.15. The summed E-state index contributed by atoms with van der Waals surface area (Å²) in [5.41, 5.74) is 0.761. The van der Waals surface area contributed by atoms with Crippen molar-refractivity contribution < 1.29 is 12.8 Å². The van der Waals surface area contributed by atoms with E-state index in [9.17, 15) is 12.8 Å². The van der Waals surface area contributed by atoms with E-state index in [1.807, 2.05) is 0 Å². The van der Waals surface area contributed by atoms with Crippen LogP contribution in [0.15, 0.2) is 27.7 Å². The van der Waals surface area contributed by atoms with Crippen molar-refractivity contribution in [2.75, 3.05) is 18.6 Å². The predicted octanol–water partition coefficient (Wildman–Crippen LogP) is 1.44. The van der Waals surface area contributed by atoms with Crippen LogP contribution in [-0.2, 0) is 16.4 Å². The molecule has 0 amide bonds. The molecular formula is C13H17BrFN3O2S. The van der Waals surface area contributed by atoms with E-state index in [0.717, 1.165) is 10.0 Å². The van der Waals surface area contributed by atoms with Crippen molar-refractivity contribution in [2.45, 2.75) is 19.0 Å². The number of halogens is 2. The Morgan fingerprint density at radius 2 is 2.29 bits per heavy atom. The van der Waals surface area contributed by atoms with Crippen molar-refractivity contribution in [1.82, 2.24) is 10.6 Å². The molecule has 0 radical (unpaired) electrons. The number of nitrogens with one attached hydrogen (secondary N) is 2. The van der Waals surface area contributed by atoms with Gasteiger partial charge in [0.05, 0.1) is 11.5 Å². The average molecular weight is 378 g/mol. The first kappa shape index (κ1) is 16.2. The first-order valence-electron chi connectivity index (χ1n) is 6.51. The van der Waals surface area contributed by atoms with Crippen molar-refractivity contribution in [2.24, 2.45) is 4.99 Å². The highest BCUT2D eigenvalue weighted by Gasteiger charge is 2.28. The number of hydrogen-bond acceptors (Lipinski definition) is 3. The van der Waals surface area contributed by atoms with Gasteiger partial charge in [-0.15, -0.1) is 0 Å². The molecule has 0 saturated carbocycles. The fraction of sp³-hybridized carbons (Fsp3) is 0.462. The number of hydrogen-bond donors (Lipinski definition) is 2. The van der Waals surface area contributed by atoms with Crippen molar-refractivity contribution in [1.29, 1.82) is 0 Å². The van der Waals surface area contributed by atoms with Crippen LogP contribution in [0.5, 0.6) is 0 Å². The van der Waals surface area contributed by atoms with Crippen molar-refractivity contribution in [3.8, 4) is 0 Å². The van der Waals surface area contributed by atoms with Gasteiger partial charge >= 0.3 is 0 Å².